The summed E-state index contributed by atoms with van der Waals surface area (Å²) in [5.41, 5.74) is 0.404. The van der Waals surface area contributed by atoms with Crippen LogP contribution >= 0.6 is 11.6 Å². The van der Waals surface area contributed by atoms with Crippen LogP contribution in [0.15, 0.2) is 30.5 Å². The van der Waals surface area contributed by atoms with Crippen molar-refractivity contribution in [1.82, 2.24) is 9.78 Å². The van der Waals surface area contributed by atoms with Crippen molar-refractivity contribution in [2.75, 3.05) is 10.6 Å². The van der Waals surface area contributed by atoms with Crippen LogP contribution in [0.4, 0.5) is 20.7 Å². The quantitative estimate of drug-likeness (QED) is 0.880. The van der Waals surface area contributed by atoms with Crippen LogP contribution in [0.3, 0.4) is 0 Å². The number of halogens is 2. The number of nitrogens with one attached hydrogen (secondary N) is 2. The Bertz CT molecular complexity index is 584. The lowest BCUT2D eigenvalue weighted by atomic mass is 10.3. The fourth-order valence-electron chi connectivity index (χ4n) is 1.35. The monoisotopic (exact) mass is 268 g/mol. The van der Waals surface area contributed by atoms with Crippen LogP contribution in [-0.2, 0) is 7.05 Å². The van der Waals surface area contributed by atoms with Gasteiger partial charge in [0, 0.05) is 18.8 Å². The molecule has 0 saturated carbocycles. The van der Waals surface area contributed by atoms with Crippen molar-refractivity contribution in [1.29, 1.82) is 0 Å². The lowest BCUT2D eigenvalue weighted by Crippen LogP contribution is -2.21. The van der Waals surface area contributed by atoms with E-state index < -0.39 is 11.8 Å². The van der Waals surface area contributed by atoms with Gasteiger partial charge in [-0.2, -0.15) is 5.10 Å². The average molecular weight is 269 g/mol. The fourth-order valence-corrected chi connectivity index (χ4v) is 1.53. The SMILES string of the molecule is Cn1nccc1NC(=O)Nc1ccc(F)c(Cl)c1. The van der Waals surface area contributed by atoms with Gasteiger partial charge in [-0.3, -0.25) is 10.00 Å². The van der Waals surface area contributed by atoms with Gasteiger partial charge in [-0.25, -0.2) is 9.18 Å². The van der Waals surface area contributed by atoms with Crippen LogP contribution < -0.4 is 10.6 Å². The molecule has 0 unspecified atom stereocenters. The second-order valence-electron chi connectivity index (χ2n) is 3.55. The molecule has 5 nitrogen and oxygen atoms in total. The summed E-state index contributed by atoms with van der Waals surface area (Å²) in [6, 6.07) is 5.13. The minimum absolute atomic E-state index is 0.0478. The van der Waals surface area contributed by atoms with Crippen LogP contribution in [0, 0.1) is 5.82 Å². The average Bonchev–Trinajstić information content (AvgIpc) is 2.70. The molecule has 7 heteroatoms. The van der Waals surface area contributed by atoms with E-state index in [1.54, 1.807) is 19.3 Å². The third-order valence-electron chi connectivity index (χ3n) is 2.24. The Morgan fingerprint density at radius 2 is 2.17 bits per heavy atom. The molecule has 0 aliphatic carbocycles. The topological polar surface area (TPSA) is 59.0 Å². The number of carbonyl (C=O) groups excluding carboxylic acids is 1. The highest BCUT2D eigenvalue weighted by molar-refractivity contribution is 6.31. The van der Waals surface area contributed by atoms with Crippen molar-refractivity contribution in [3.05, 3.63) is 41.3 Å². The zero-order chi connectivity index (χ0) is 13.1. The molecule has 1 heterocycles. The number of aromatic nitrogens is 2. The summed E-state index contributed by atoms with van der Waals surface area (Å²) in [6.45, 7) is 0. The molecular formula is C11H10ClFN4O. The minimum atomic E-state index is -0.533. The Balaban J connectivity index is 2.03. The Morgan fingerprint density at radius 1 is 1.39 bits per heavy atom. The highest BCUT2D eigenvalue weighted by atomic mass is 35.5. The lowest BCUT2D eigenvalue weighted by Gasteiger charge is -2.08. The molecule has 2 N–H and O–H groups in total. The summed E-state index contributed by atoms with van der Waals surface area (Å²) in [5.74, 6) is 0.00923. The number of amides is 2. The van der Waals surface area contributed by atoms with Gasteiger partial charge in [0.2, 0.25) is 0 Å². The molecule has 0 aliphatic rings. The van der Waals surface area contributed by atoms with Crippen LogP contribution in [0.1, 0.15) is 0 Å². The van der Waals surface area contributed by atoms with E-state index in [4.69, 9.17) is 11.6 Å². The van der Waals surface area contributed by atoms with Crippen molar-refractivity contribution < 1.29 is 9.18 Å². The number of anilines is 2. The number of urea groups is 1. The second kappa shape index (κ2) is 5.05. The van der Waals surface area contributed by atoms with E-state index in [9.17, 15) is 9.18 Å². The summed E-state index contributed by atoms with van der Waals surface area (Å²) in [7, 11) is 1.70. The number of aryl methyl sites for hydroxylation is 1. The number of benzene rings is 1. The van der Waals surface area contributed by atoms with Crippen LogP contribution in [0.5, 0.6) is 0 Å². The standard InChI is InChI=1S/C11H10ClFN4O/c1-17-10(4-5-14-17)16-11(18)15-7-2-3-9(13)8(12)6-7/h2-6H,1H3,(H2,15,16,18). The number of carbonyl (C=O) groups is 1. The molecule has 2 rings (SSSR count). The predicted octanol–water partition coefficient (Wildman–Crippen LogP) is 2.86. The van der Waals surface area contributed by atoms with Gasteiger partial charge in [0.1, 0.15) is 11.6 Å². The number of hydrogen-bond acceptors (Lipinski definition) is 2. The van der Waals surface area contributed by atoms with E-state index in [0.29, 0.717) is 11.5 Å². The van der Waals surface area contributed by atoms with E-state index >= 15 is 0 Å². The van der Waals surface area contributed by atoms with Gasteiger partial charge in [-0.1, -0.05) is 11.6 Å². The maximum absolute atomic E-state index is 12.9. The summed E-state index contributed by atoms with van der Waals surface area (Å²) in [6.07, 6.45) is 1.56. The van der Waals surface area contributed by atoms with E-state index in [0.717, 1.165) is 0 Å². The first-order valence-corrected chi connectivity index (χ1v) is 5.45. The van der Waals surface area contributed by atoms with E-state index in [-0.39, 0.29) is 5.02 Å². The molecule has 2 amide bonds. The molecule has 0 aliphatic heterocycles. The predicted molar refractivity (Wildman–Crippen MR) is 67.3 cm³/mol. The first kappa shape index (κ1) is 12.4. The molecule has 0 saturated heterocycles. The van der Waals surface area contributed by atoms with Gasteiger partial charge in [-0.05, 0) is 18.2 Å². The normalized spacial score (nSPS) is 10.2. The number of hydrogen-bond donors (Lipinski definition) is 2. The van der Waals surface area contributed by atoms with Crippen LogP contribution in [0.2, 0.25) is 5.02 Å². The van der Waals surface area contributed by atoms with Gasteiger partial charge >= 0.3 is 6.03 Å². The Hall–Kier alpha value is -2.08. The van der Waals surface area contributed by atoms with Crippen molar-refractivity contribution in [2.45, 2.75) is 0 Å². The van der Waals surface area contributed by atoms with Crippen LogP contribution in [0.25, 0.3) is 0 Å². The van der Waals surface area contributed by atoms with E-state index in [2.05, 4.69) is 15.7 Å². The molecule has 0 spiro atoms. The third kappa shape index (κ3) is 2.78. The number of nitrogens with zero attached hydrogens (tertiary/aromatic N) is 2. The molecule has 18 heavy (non-hydrogen) atoms. The Labute approximate surface area is 108 Å². The Kier molecular flexibility index (Phi) is 3.47. The summed E-state index contributed by atoms with van der Waals surface area (Å²) >= 11 is 5.60. The minimum Gasteiger partial charge on any atom is -0.308 e. The zero-order valence-corrected chi connectivity index (χ0v) is 10.2. The largest absolute Gasteiger partial charge is 0.324 e. The summed E-state index contributed by atoms with van der Waals surface area (Å²) in [4.78, 5) is 11.6. The molecule has 1 aromatic carbocycles. The fraction of sp³-hybridized carbons (Fsp3) is 0.0909. The molecule has 2 aromatic rings. The zero-order valence-electron chi connectivity index (χ0n) is 9.45. The third-order valence-corrected chi connectivity index (χ3v) is 2.53. The Morgan fingerprint density at radius 3 is 2.78 bits per heavy atom. The van der Waals surface area contributed by atoms with Crippen molar-refractivity contribution in [2.24, 2.45) is 7.05 Å². The first-order valence-electron chi connectivity index (χ1n) is 5.07. The molecule has 0 atom stereocenters. The van der Waals surface area contributed by atoms with Gasteiger partial charge in [0.05, 0.1) is 11.2 Å². The highest BCUT2D eigenvalue weighted by Crippen LogP contribution is 2.19. The summed E-state index contributed by atoms with van der Waals surface area (Å²) in [5, 5.41) is 8.98. The lowest BCUT2D eigenvalue weighted by molar-refractivity contribution is 0.262. The van der Waals surface area contributed by atoms with Gasteiger partial charge in [0.25, 0.3) is 0 Å². The molecular weight excluding hydrogens is 259 g/mol. The molecule has 0 radical (unpaired) electrons. The van der Waals surface area contributed by atoms with Crippen molar-refractivity contribution in [3.63, 3.8) is 0 Å². The first-order chi connectivity index (χ1) is 8.56. The second-order valence-corrected chi connectivity index (χ2v) is 3.96. The maximum Gasteiger partial charge on any atom is 0.324 e. The van der Waals surface area contributed by atoms with E-state index in [1.807, 2.05) is 0 Å². The van der Waals surface area contributed by atoms with Gasteiger partial charge in [0.15, 0.2) is 0 Å². The van der Waals surface area contributed by atoms with Gasteiger partial charge < -0.3 is 5.32 Å². The number of rotatable bonds is 2. The van der Waals surface area contributed by atoms with Crippen LogP contribution in [-0.4, -0.2) is 15.8 Å². The molecule has 1 aromatic heterocycles. The van der Waals surface area contributed by atoms with Crippen molar-refractivity contribution in [3.8, 4) is 0 Å². The summed E-state index contributed by atoms with van der Waals surface area (Å²) < 4.78 is 14.4. The van der Waals surface area contributed by atoms with Crippen molar-refractivity contribution >= 4 is 29.1 Å². The smallest absolute Gasteiger partial charge is 0.308 e. The molecule has 0 fully saturated rings. The highest BCUT2D eigenvalue weighted by Gasteiger charge is 2.07. The molecule has 94 valence electrons. The molecule has 0 bridgehead atoms. The van der Waals surface area contributed by atoms with E-state index in [1.165, 1.54) is 22.9 Å². The maximum atomic E-state index is 12.9. The van der Waals surface area contributed by atoms with Gasteiger partial charge in [-0.15, -0.1) is 0 Å².